The predicted molar refractivity (Wildman–Crippen MR) is 157 cm³/mol. The maximum atomic E-state index is 7.54. The summed E-state index contributed by atoms with van der Waals surface area (Å²) in [7, 11) is 0. The number of hydrogen-bond acceptors (Lipinski definition) is 0. The van der Waals surface area contributed by atoms with Crippen molar-refractivity contribution in [3.8, 4) is 0 Å². The van der Waals surface area contributed by atoms with Crippen LogP contribution in [0, 0.1) is 0 Å². The van der Waals surface area contributed by atoms with Crippen LogP contribution in [-0.2, 0) is 4.87 Å². The zero-order valence-electron chi connectivity index (χ0n) is 21.7. The van der Waals surface area contributed by atoms with Gasteiger partial charge in [0.25, 0.3) is 0 Å². The Kier molecular flexibility index (Phi) is 10.8. The summed E-state index contributed by atoms with van der Waals surface area (Å²) in [4.78, 5) is -0.820. The van der Waals surface area contributed by atoms with Crippen molar-refractivity contribution >= 4 is 23.2 Å². The van der Waals surface area contributed by atoms with E-state index in [1.807, 2.05) is 24.3 Å². The number of halogens is 2. The number of alkyl halides is 1. The molecule has 0 aromatic heterocycles. The van der Waals surface area contributed by atoms with E-state index in [2.05, 4.69) is 54.6 Å². The molecule has 0 radical (unpaired) electrons. The Morgan fingerprint density at radius 1 is 0.500 bits per heavy atom. The summed E-state index contributed by atoms with van der Waals surface area (Å²) in [5.41, 5.74) is 4.52. The molecule has 192 valence electrons. The maximum absolute atomic E-state index is 7.54. The van der Waals surface area contributed by atoms with Gasteiger partial charge in [0, 0.05) is 10.6 Å². The first-order valence-electron chi connectivity index (χ1n) is 14.3. The molecule has 1 aliphatic carbocycles. The molecule has 0 aliphatic heterocycles. The van der Waals surface area contributed by atoms with E-state index in [0.717, 1.165) is 16.7 Å². The van der Waals surface area contributed by atoms with Crippen molar-refractivity contribution in [3.63, 3.8) is 0 Å². The monoisotopic (exact) mass is 520 g/mol. The quantitative estimate of drug-likeness (QED) is 0.237. The van der Waals surface area contributed by atoms with Crippen LogP contribution in [0.15, 0.2) is 78.9 Å². The average Bonchev–Trinajstić information content (AvgIpc) is 2.93. The van der Waals surface area contributed by atoms with Gasteiger partial charge in [-0.05, 0) is 41.5 Å². The molecule has 36 heavy (non-hydrogen) atoms. The molecule has 3 aromatic rings. The Hall–Kier alpha value is -1.76. The highest BCUT2D eigenvalue weighted by atomic mass is 35.5. The average molecular weight is 522 g/mol. The summed E-state index contributed by atoms with van der Waals surface area (Å²) in [5.74, 6) is 0.644. The van der Waals surface area contributed by atoms with Crippen molar-refractivity contribution in [2.45, 2.75) is 101 Å². The van der Waals surface area contributed by atoms with E-state index in [1.54, 1.807) is 0 Å². The molecular weight excluding hydrogens is 479 g/mol. The second-order valence-corrected chi connectivity index (χ2v) is 11.6. The van der Waals surface area contributed by atoms with Gasteiger partial charge in [-0.2, -0.15) is 0 Å². The molecule has 0 N–H and O–H groups in total. The number of hydrogen-bond donors (Lipinski definition) is 0. The SMILES string of the molecule is Clc1ccccc1C(Cl)(c1ccccc1)c1ccc(C2CCCCCCCCCCCCCC2)cc1. The Bertz CT molecular complexity index is 1010. The lowest BCUT2D eigenvalue weighted by Crippen LogP contribution is -2.23. The Morgan fingerprint density at radius 2 is 0.944 bits per heavy atom. The van der Waals surface area contributed by atoms with Crippen LogP contribution < -0.4 is 0 Å². The van der Waals surface area contributed by atoms with Crippen molar-refractivity contribution in [1.82, 2.24) is 0 Å². The summed E-state index contributed by atoms with van der Waals surface area (Å²) in [6, 6.07) is 27.5. The molecule has 1 unspecified atom stereocenters. The van der Waals surface area contributed by atoms with E-state index in [1.165, 1.54) is 95.5 Å². The van der Waals surface area contributed by atoms with Gasteiger partial charge in [-0.25, -0.2) is 0 Å². The third-order valence-electron chi connectivity index (χ3n) is 8.05. The smallest absolute Gasteiger partial charge is 0.103 e. The highest BCUT2D eigenvalue weighted by molar-refractivity contribution is 6.34. The van der Waals surface area contributed by atoms with Crippen molar-refractivity contribution in [2.24, 2.45) is 0 Å². The van der Waals surface area contributed by atoms with Crippen LogP contribution in [-0.4, -0.2) is 0 Å². The largest absolute Gasteiger partial charge is 0.121 e. The minimum absolute atomic E-state index is 0.644. The molecule has 1 aliphatic rings. The van der Waals surface area contributed by atoms with E-state index >= 15 is 0 Å². The summed E-state index contributed by atoms with van der Waals surface area (Å²) >= 11 is 14.2. The fourth-order valence-electron chi connectivity index (χ4n) is 5.90. The molecule has 0 spiro atoms. The van der Waals surface area contributed by atoms with Gasteiger partial charge < -0.3 is 0 Å². The van der Waals surface area contributed by atoms with E-state index < -0.39 is 4.87 Å². The van der Waals surface area contributed by atoms with E-state index in [0.29, 0.717) is 10.9 Å². The molecule has 1 saturated carbocycles. The normalized spacial score (nSPS) is 19.1. The summed E-state index contributed by atoms with van der Waals surface area (Å²) in [5, 5.41) is 0.697. The highest BCUT2D eigenvalue weighted by Crippen LogP contribution is 2.46. The van der Waals surface area contributed by atoms with E-state index in [-0.39, 0.29) is 0 Å². The van der Waals surface area contributed by atoms with Gasteiger partial charge in [0.05, 0.1) is 0 Å². The van der Waals surface area contributed by atoms with Crippen LogP contribution in [0.5, 0.6) is 0 Å². The van der Waals surface area contributed by atoms with Gasteiger partial charge in [0.15, 0.2) is 0 Å². The first-order chi connectivity index (χ1) is 17.7. The first-order valence-corrected chi connectivity index (χ1v) is 15.0. The van der Waals surface area contributed by atoms with Gasteiger partial charge in [0.1, 0.15) is 4.87 Å². The second kappa shape index (κ2) is 14.3. The first kappa shape index (κ1) is 27.3. The van der Waals surface area contributed by atoms with Crippen LogP contribution in [0.4, 0.5) is 0 Å². The van der Waals surface area contributed by atoms with E-state index in [4.69, 9.17) is 23.2 Å². The molecule has 0 heterocycles. The second-order valence-electron chi connectivity index (χ2n) is 10.6. The number of rotatable bonds is 4. The van der Waals surface area contributed by atoms with E-state index in [9.17, 15) is 0 Å². The Morgan fingerprint density at radius 3 is 1.47 bits per heavy atom. The summed E-state index contributed by atoms with van der Waals surface area (Å²) in [6.07, 6.45) is 19.4. The van der Waals surface area contributed by atoms with Crippen molar-refractivity contribution in [1.29, 1.82) is 0 Å². The molecule has 4 rings (SSSR count). The fourth-order valence-corrected chi connectivity index (χ4v) is 6.64. The van der Waals surface area contributed by atoms with Gasteiger partial charge in [-0.15, -0.1) is 11.6 Å². The molecule has 3 aromatic carbocycles. The molecule has 2 heteroatoms. The van der Waals surface area contributed by atoms with Crippen LogP contribution >= 0.6 is 23.2 Å². The minimum atomic E-state index is -0.820. The molecule has 0 nitrogen and oxygen atoms in total. The molecule has 0 saturated heterocycles. The molecule has 1 fully saturated rings. The third kappa shape index (κ3) is 7.17. The van der Waals surface area contributed by atoms with Gasteiger partial charge in [-0.3, -0.25) is 0 Å². The van der Waals surface area contributed by atoms with Crippen molar-refractivity contribution in [3.05, 3.63) is 106 Å². The van der Waals surface area contributed by atoms with Gasteiger partial charge in [0.2, 0.25) is 0 Å². The summed E-state index contributed by atoms with van der Waals surface area (Å²) < 4.78 is 0. The van der Waals surface area contributed by atoms with Gasteiger partial charge in [-0.1, -0.05) is 161 Å². The zero-order valence-corrected chi connectivity index (χ0v) is 23.3. The minimum Gasteiger partial charge on any atom is -0.103 e. The summed E-state index contributed by atoms with van der Waals surface area (Å²) in [6.45, 7) is 0. The topological polar surface area (TPSA) is 0 Å². The Labute approximate surface area is 229 Å². The Balaban J connectivity index is 1.56. The van der Waals surface area contributed by atoms with Crippen LogP contribution in [0.1, 0.15) is 118 Å². The van der Waals surface area contributed by atoms with Crippen LogP contribution in [0.2, 0.25) is 5.02 Å². The zero-order chi connectivity index (χ0) is 25.1. The standard InChI is InChI=1S/C34H42Cl2/c35-33-23-17-16-22-32(33)34(36,30-20-14-11-15-21-30)31-26-24-29(25-27-31)28-18-12-9-7-5-3-1-2-4-6-8-10-13-19-28/h11,14-17,20-28H,1-10,12-13,18-19H2. The van der Waals surface area contributed by atoms with Crippen molar-refractivity contribution in [2.75, 3.05) is 0 Å². The lowest BCUT2D eigenvalue weighted by atomic mass is 9.82. The van der Waals surface area contributed by atoms with Crippen molar-refractivity contribution < 1.29 is 0 Å². The molecular formula is C34H42Cl2. The third-order valence-corrected chi connectivity index (χ3v) is 9.02. The number of benzene rings is 3. The van der Waals surface area contributed by atoms with Crippen LogP contribution in [0.3, 0.4) is 0 Å². The lowest BCUT2D eigenvalue weighted by Gasteiger charge is -2.30. The molecule has 0 bridgehead atoms. The maximum Gasteiger partial charge on any atom is 0.121 e. The molecule has 1 atom stereocenters. The fraction of sp³-hybridized carbons (Fsp3) is 0.471. The van der Waals surface area contributed by atoms with Gasteiger partial charge >= 0.3 is 0 Å². The molecule has 0 amide bonds. The lowest BCUT2D eigenvalue weighted by molar-refractivity contribution is 0.493. The van der Waals surface area contributed by atoms with Crippen LogP contribution in [0.25, 0.3) is 0 Å². The highest BCUT2D eigenvalue weighted by Gasteiger charge is 2.35. The predicted octanol–water partition coefficient (Wildman–Crippen LogP) is 11.4.